The van der Waals surface area contributed by atoms with Crippen molar-refractivity contribution in [2.45, 2.75) is 11.8 Å². The summed E-state index contributed by atoms with van der Waals surface area (Å²) in [5.74, 6) is 0.326. The van der Waals surface area contributed by atoms with Gasteiger partial charge in [-0.3, -0.25) is 0 Å². The Kier molecular flexibility index (Phi) is 4.44. The van der Waals surface area contributed by atoms with E-state index in [4.69, 9.17) is 23.2 Å². The van der Waals surface area contributed by atoms with E-state index >= 15 is 0 Å². The Labute approximate surface area is 100 Å². The first-order valence-electron chi connectivity index (χ1n) is 4.50. The summed E-state index contributed by atoms with van der Waals surface area (Å²) in [6.07, 6.45) is 0. The van der Waals surface area contributed by atoms with Crippen LogP contribution in [0, 0.1) is 5.92 Å². The third-order valence-corrected chi connectivity index (χ3v) is 4.66. The van der Waals surface area contributed by atoms with E-state index in [1.807, 2.05) is 0 Å². The SMILES string of the molecule is CC(CCl)CS(=O)(=O)c1cccc(Cl)c1. The lowest BCUT2D eigenvalue weighted by Gasteiger charge is -2.08. The number of sulfone groups is 1. The zero-order valence-electron chi connectivity index (χ0n) is 8.28. The number of alkyl halides is 1. The minimum atomic E-state index is -3.26. The van der Waals surface area contributed by atoms with Crippen LogP contribution in [-0.2, 0) is 9.84 Å². The quantitative estimate of drug-likeness (QED) is 0.786. The van der Waals surface area contributed by atoms with Crippen LogP contribution < -0.4 is 0 Å². The number of halogens is 2. The summed E-state index contributed by atoms with van der Waals surface area (Å²) < 4.78 is 23.7. The molecule has 1 rings (SSSR count). The molecule has 0 aliphatic carbocycles. The summed E-state index contributed by atoms with van der Waals surface area (Å²) in [4.78, 5) is 0.256. The van der Waals surface area contributed by atoms with Crippen LogP contribution in [-0.4, -0.2) is 20.1 Å². The van der Waals surface area contributed by atoms with Crippen molar-refractivity contribution >= 4 is 33.0 Å². The van der Waals surface area contributed by atoms with Crippen molar-refractivity contribution in [3.8, 4) is 0 Å². The first-order valence-corrected chi connectivity index (χ1v) is 7.06. The smallest absolute Gasteiger partial charge is 0.178 e. The van der Waals surface area contributed by atoms with Crippen LogP contribution in [0.5, 0.6) is 0 Å². The van der Waals surface area contributed by atoms with Gasteiger partial charge in [0.2, 0.25) is 0 Å². The third kappa shape index (κ3) is 3.67. The molecule has 0 N–H and O–H groups in total. The maximum absolute atomic E-state index is 11.8. The van der Waals surface area contributed by atoms with E-state index in [9.17, 15) is 8.42 Å². The molecular weight excluding hydrogens is 255 g/mol. The van der Waals surface area contributed by atoms with Gasteiger partial charge >= 0.3 is 0 Å². The van der Waals surface area contributed by atoms with Gasteiger partial charge in [-0.2, -0.15) is 0 Å². The highest BCUT2D eigenvalue weighted by Crippen LogP contribution is 2.18. The summed E-state index contributed by atoms with van der Waals surface area (Å²) in [7, 11) is -3.26. The molecule has 0 saturated heterocycles. The van der Waals surface area contributed by atoms with Gasteiger partial charge in [0.05, 0.1) is 10.6 Å². The zero-order chi connectivity index (χ0) is 11.5. The molecule has 1 aromatic carbocycles. The molecule has 0 radical (unpaired) electrons. The van der Waals surface area contributed by atoms with Crippen LogP contribution in [0.15, 0.2) is 29.2 Å². The van der Waals surface area contributed by atoms with E-state index in [-0.39, 0.29) is 16.6 Å². The molecule has 0 fully saturated rings. The van der Waals surface area contributed by atoms with E-state index < -0.39 is 9.84 Å². The van der Waals surface area contributed by atoms with Gasteiger partial charge in [0, 0.05) is 10.9 Å². The van der Waals surface area contributed by atoms with E-state index in [0.717, 1.165) is 0 Å². The predicted molar refractivity (Wildman–Crippen MR) is 63.4 cm³/mol. The maximum Gasteiger partial charge on any atom is 0.178 e. The second-order valence-electron chi connectivity index (χ2n) is 3.50. The zero-order valence-corrected chi connectivity index (χ0v) is 10.6. The summed E-state index contributed by atoms with van der Waals surface area (Å²) in [6, 6.07) is 6.27. The molecule has 5 heteroatoms. The van der Waals surface area contributed by atoms with Crippen molar-refractivity contribution in [3.05, 3.63) is 29.3 Å². The molecule has 0 heterocycles. The molecule has 1 unspecified atom stereocenters. The molecule has 0 aliphatic heterocycles. The second-order valence-corrected chi connectivity index (χ2v) is 6.28. The highest BCUT2D eigenvalue weighted by Gasteiger charge is 2.17. The fourth-order valence-corrected chi connectivity index (χ4v) is 3.32. The van der Waals surface area contributed by atoms with Gasteiger partial charge in [-0.05, 0) is 24.1 Å². The standard InChI is InChI=1S/C10H12Cl2O2S/c1-8(6-11)7-15(13,14)10-4-2-3-9(12)5-10/h2-5,8H,6-7H2,1H3. The molecule has 0 aromatic heterocycles. The molecule has 84 valence electrons. The van der Waals surface area contributed by atoms with Crippen LogP contribution in [0.4, 0.5) is 0 Å². The average molecular weight is 267 g/mol. The molecular formula is C10H12Cl2O2S. The molecule has 15 heavy (non-hydrogen) atoms. The molecule has 1 atom stereocenters. The van der Waals surface area contributed by atoms with Crippen LogP contribution in [0.1, 0.15) is 6.92 Å². The summed E-state index contributed by atoms with van der Waals surface area (Å²) in [5, 5.41) is 0.426. The van der Waals surface area contributed by atoms with E-state index in [0.29, 0.717) is 10.9 Å². The van der Waals surface area contributed by atoms with Gasteiger partial charge in [-0.25, -0.2) is 8.42 Å². The Bertz CT molecular complexity index is 429. The van der Waals surface area contributed by atoms with Crippen molar-refractivity contribution in [2.75, 3.05) is 11.6 Å². The first kappa shape index (κ1) is 12.8. The Morgan fingerprint density at radius 2 is 2.07 bits per heavy atom. The normalized spacial score (nSPS) is 13.8. The summed E-state index contributed by atoms with van der Waals surface area (Å²) in [6.45, 7) is 1.80. The number of benzene rings is 1. The van der Waals surface area contributed by atoms with Crippen molar-refractivity contribution in [2.24, 2.45) is 5.92 Å². The lowest BCUT2D eigenvalue weighted by molar-refractivity contribution is 0.583. The number of hydrogen-bond acceptors (Lipinski definition) is 2. The first-order chi connectivity index (χ1) is 6.95. The monoisotopic (exact) mass is 266 g/mol. The molecule has 0 bridgehead atoms. The Hall–Kier alpha value is -0.250. The van der Waals surface area contributed by atoms with Crippen LogP contribution in [0.3, 0.4) is 0 Å². The van der Waals surface area contributed by atoms with Gasteiger partial charge in [0.15, 0.2) is 9.84 Å². The molecule has 0 spiro atoms. The Morgan fingerprint density at radius 1 is 1.40 bits per heavy atom. The Morgan fingerprint density at radius 3 is 2.60 bits per heavy atom. The number of hydrogen-bond donors (Lipinski definition) is 0. The molecule has 0 amide bonds. The van der Waals surface area contributed by atoms with Crippen molar-refractivity contribution in [1.82, 2.24) is 0 Å². The molecule has 0 aliphatic rings. The molecule has 0 saturated carbocycles. The van der Waals surface area contributed by atoms with Crippen molar-refractivity contribution < 1.29 is 8.42 Å². The summed E-state index contributed by atoms with van der Waals surface area (Å²) >= 11 is 11.3. The third-order valence-electron chi connectivity index (χ3n) is 1.92. The maximum atomic E-state index is 11.8. The summed E-state index contributed by atoms with van der Waals surface area (Å²) in [5.41, 5.74) is 0. The van der Waals surface area contributed by atoms with E-state index in [1.54, 1.807) is 25.1 Å². The molecule has 2 nitrogen and oxygen atoms in total. The minimum absolute atomic E-state index is 0.0524. The topological polar surface area (TPSA) is 34.1 Å². The van der Waals surface area contributed by atoms with E-state index in [2.05, 4.69) is 0 Å². The largest absolute Gasteiger partial charge is 0.224 e. The van der Waals surface area contributed by atoms with Gasteiger partial charge in [0.1, 0.15) is 0 Å². The fourth-order valence-electron chi connectivity index (χ4n) is 1.18. The lowest BCUT2D eigenvalue weighted by Crippen LogP contribution is -2.15. The van der Waals surface area contributed by atoms with Crippen LogP contribution in [0.2, 0.25) is 5.02 Å². The predicted octanol–water partition coefficient (Wildman–Crippen LogP) is 2.99. The number of rotatable bonds is 4. The highest BCUT2D eigenvalue weighted by atomic mass is 35.5. The highest BCUT2D eigenvalue weighted by molar-refractivity contribution is 7.91. The van der Waals surface area contributed by atoms with Gasteiger partial charge < -0.3 is 0 Å². The minimum Gasteiger partial charge on any atom is -0.224 e. The van der Waals surface area contributed by atoms with Crippen molar-refractivity contribution in [1.29, 1.82) is 0 Å². The van der Waals surface area contributed by atoms with Crippen molar-refractivity contribution in [3.63, 3.8) is 0 Å². The van der Waals surface area contributed by atoms with Crippen LogP contribution in [0.25, 0.3) is 0 Å². The molecule has 1 aromatic rings. The van der Waals surface area contributed by atoms with E-state index in [1.165, 1.54) is 6.07 Å². The van der Waals surface area contributed by atoms with Crippen LogP contribution >= 0.6 is 23.2 Å². The van der Waals surface area contributed by atoms with Gasteiger partial charge in [-0.15, -0.1) is 11.6 Å². The second kappa shape index (κ2) is 5.19. The lowest BCUT2D eigenvalue weighted by atomic mass is 10.3. The van der Waals surface area contributed by atoms with Gasteiger partial charge in [-0.1, -0.05) is 24.6 Å². The fraction of sp³-hybridized carbons (Fsp3) is 0.400. The van der Waals surface area contributed by atoms with Gasteiger partial charge in [0.25, 0.3) is 0 Å². The average Bonchev–Trinajstić information content (AvgIpc) is 2.17. The Balaban J connectivity index is 2.96.